The van der Waals surface area contributed by atoms with Crippen LogP contribution in [0.2, 0.25) is 0 Å². The summed E-state index contributed by atoms with van der Waals surface area (Å²) in [6.07, 6.45) is 4.26. The predicted octanol–water partition coefficient (Wildman–Crippen LogP) is 3.43. The number of benzene rings is 1. The molecule has 21 heavy (non-hydrogen) atoms. The van der Waals surface area contributed by atoms with Crippen molar-refractivity contribution in [2.45, 2.75) is 26.3 Å². The number of aryl methyl sites for hydroxylation is 1. The lowest BCUT2D eigenvalue weighted by molar-refractivity contribution is 0.397. The van der Waals surface area contributed by atoms with Gasteiger partial charge in [0, 0.05) is 17.8 Å². The molecular formula is C17H21FN2O. The second-order valence-corrected chi connectivity index (χ2v) is 5.00. The first-order valence-electron chi connectivity index (χ1n) is 7.12. The molecule has 0 saturated carbocycles. The van der Waals surface area contributed by atoms with E-state index in [9.17, 15) is 4.39 Å². The van der Waals surface area contributed by atoms with Crippen LogP contribution in [-0.2, 0) is 6.42 Å². The normalized spacial score (nSPS) is 12.2. The number of nitrogens with one attached hydrogen (secondary N) is 1. The third kappa shape index (κ3) is 3.79. The zero-order valence-electron chi connectivity index (χ0n) is 12.7. The van der Waals surface area contributed by atoms with Crippen molar-refractivity contribution in [3.63, 3.8) is 0 Å². The molecule has 2 aromatic rings. The second kappa shape index (κ2) is 7.18. The number of ether oxygens (including phenoxy) is 1. The molecular weight excluding hydrogens is 267 g/mol. The van der Waals surface area contributed by atoms with Crippen LogP contribution >= 0.6 is 0 Å². The molecule has 4 heteroatoms. The maximum atomic E-state index is 13.2. The lowest BCUT2D eigenvalue weighted by atomic mass is 9.96. The Morgan fingerprint density at radius 3 is 2.81 bits per heavy atom. The van der Waals surface area contributed by atoms with E-state index in [4.69, 9.17) is 4.74 Å². The maximum absolute atomic E-state index is 13.2. The Morgan fingerprint density at radius 2 is 2.14 bits per heavy atom. The van der Waals surface area contributed by atoms with Crippen molar-refractivity contribution in [2.75, 3.05) is 13.7 Å². The molecule has 0 amide bonds. The zero-order chi connectivity index (χ0) is 15.2. The molecule has 0 aliphatic heterocycles. The highest BCUT2D eigenvalue weighted by molar-refractivity contribution is 5.36. The van der Waals surface area contributed by atoms with Crippen molar-refractivity contribution in [3.8, 4) is 5.75 Å². The highest BCUT2D eigenvalue weighted by atomic mass is 19.1. The third-order valence-corrected chi connectivity index (χ3v) is 3.59. The number of rotatable bonds is 6. The van der Waals surface area contributed by atoms with Crippen LogP contribution in [0.5, 0.6) is 5.75 Å². The van der Waals surface area contributed by atoms with Gasteiger partial charge in [-0.1, -0.05) is 13.0 Å². The van der Waals surface area contributed by atoms with E-state index in [1.54, 1.807) is 25.6 Å². The summed E-state index contributed by atoms with van der Waals surface area (Å²) >= 11 is 0. The number of methoxy groups -OCH3 is 1. The molecule has 1 heterocycles. The Bertz CT molecular complexity index is 601. The Hall–Kier alpha value is -1.94. The van der Waals surface area contributed by atoms with Crippen molar-refractivity contribution >= 4 is 0 Å². The first-order chi connectivity index (χ1) is 10.2. The van der Waals surface area contributed by atoms with Crippen LogP contribution < -0.4 is 10.1 Å². The van der Waals surface area contributed by atoms with Gasteiger partial charge in [0.15, 0.2) is 0 Å². The fourth-order valence-electron chi connectivity index (χ4n) is 2.50. The number of hydrogen-bond acceptors (Lipinski definition) is 3. The van der Waals surface area contributed by atoms with Crippen molar-refractivity contribution in [1.29, 1.82) is 0 Å². The molecule has 1 unspecified atom stereocenters. The predicted molar refractivity (Wildman–Crippen MR) is 82.0 cm³/mol. The van der Waals surface area contributed by atoms with Gasteiger partial charge in [0.25, 0.3) is 0 Å². The Balaban J connectivity index is 2.30. The van der Waals surface area contributed by atoms with Gasteiger partial charge in [0.2, 0.25) is 0 Å². The van der Waals surface area contributed by atoms with Crippen molar-refractivity contribution < 1.29 is 9.13 Å². The molecule has 112 valence electrons. The quantitative estimate of drug-likeness (QED) is 0.884. The lowest BCUT2D eigenvalue weighted by Gasteiger charge is -2.21. The monoisotopic (exact) mass is 288 g/mol. The zero-order valence-corrected chi connectivity index (χ0v) is 12.7. The molecule has 0 fully saturated rings. The van der Waals surface area contributed by atoms with Crippen LogP contribution in [0.4, 0.5) is 4.39 Å². The summed E-state index contributed by atoms with van der Waals surface area (Å²) in [5.41, 5.74) is 3.16. The maximum Gasteiger partial charge on any atom is 0.141 e. The van der Waals surface area contributed by atoms with Gasteiger partial charge in [-0.2, -0.15) is 0 Å². The number of nitrogens with zero attached hydrogens (tertiary/aromatic N) is 1. The van der Waals surface area contributed by atoms with Crippen molar-refractivity contribution in [2.24, 2.45) is 0 Å². The molecule has 1 atom stereocenters. The van der Waals surface area contributed by atoms with Gasteiger partial charge >= 0.3 is 0 Å². The standard InChI is InChI=1S/C17H21FN2O/c1-4-20-16(15-7-8-19-11-17(15)21-3)10-13-5-6-14(18)9-12(13)2/h5-9,11,16,20H,4,10H2,1-3H3. The molecule has 0 saturated heterocycles. The largest absolute Gasteiger partial charge is 0.495 e. The highest BCUT2D eigenvalue weighted by Crippen LogP contribution is 2.27. The number of likely N-dealkylation sites (N-methyl/N-ethyl adjacent to an activating group) is 1. The third-order valence-electron chi connectivity index (χ3n) is 3.59. The summed E-state index contributed by atoms with van der Waals surface area (Å²) in [5.74, 6) is 0.570. The van der Waals surface area contributed by atoms with Crippen LogP contribution in [0, 0.1) is 12.7 Å². The van der Waals surface area contributed by atoms with Gasteiger partial charge in [-0.15, -0.1) is 0 Å². The summed E-state index contributed by atoms with van der Waals surface area (Å²) in [4.78, 5) is 4.09. The molecule has 0 aliphatic rings. The first kappa shape index (κ1) is 15.4. The molecule has 0 radical (unpaired) electrons. The molecule has 0 bridgehead atoms. The summed E-state index contributed by atoms with van der Waals surface area (Å²) in [6, 6.07) is 7.00. The number of pyridine rings is 1. The smallest absolute Gasteiger partial charge is 0.141 e. The fourth-order valence-corrected chi connectivity index (χ4v) is 2.50. The molecule has 2 rings (SSSR count). The van der Waals surface area contributed by atoms with Gasteiger partial charge in [-0.25, -0.2) is 4.39 Å². The minimum Gasteiger partial charge on any atom is -0.495 e. The van der Waals surface area contributed by atoms with Gasteiger partial charge in [0.1, 0.15) is 11.6 Å². The summed E-state index contributed by atoms with van der Waals surface area (Å²) < 4.78 is 18.6. The van der Waals surface area contributed by atoms with Crippen LogP contribution in [-0.4, -0.2) is 18.6 Å². The van der Waals surface area contributed by atoms with E-state index >= 15 is 0 Å². The summed E-state index contributed by atoms with van der Waals surface area (Å²) in [5, 5.41) is 3.46. The number of halogens is 1. The van der Waals surface area contributed by atoms with Gasteiger partial charge in [-0.05, 0) is 49.2 Å². The summed E-state index contributed by atoms with van der Waals surface area (Å²) in [7, 11) is 1.65. The molecule has 1 aromatic carbocycles. The molecule has 1 aromatic heterocycles. The van der Waals surface area contributed by atoms with E-state index in [1.807, 2.05) is 19.1 Å². The van der Waals surface area contributed by atoms with E-state index in [2.05, 4.69) is 17.2 Å². The molecule has 1 N–H and O–H groups in total. The Labute approximate surface area is 125 Å². The molecule has 3 nitrogen and oxygen atoms in total. The minimum absolute atomic E-state index is 0.108. The van der Waals surface area contributed by atoms with Crippen LogP contribution in [0.1, 0.15) is 29.7 Å². The Kier molecular flexibility index (Phi) is 5.28. The molecule has 0 aliphatic carbocycles. The second-order valence-electron chi connectivity index (χ2n) is 5.00. The Morgan fingerprint density at radius 1 is 1.33 bits per heavy atom. The van der Waals surface area contributed by atoms with Gasteiger partial charge in [-0.3, -0.25) is 4.98 Å². The highest BCUT2D eigenvalue weighted by Gasteiger charge is 2.17. The SMILES string of the molecule is CCNC(Cc1ccc(F)cc1C)c1ccncc1OC. The van der Waals surface area contributed by atoms with E-state index in [0.717, 1.165) is 35.4 Å². The van der Waals surface area contributed by atoms with E-state index < -0.39 is 0 Å². The molecule has 0 spiro atoms. The van der Waals surface area contributed by atoms with Gasteiger partial charge in [0.05, 0.1) is 13.3 Å². The van der Waals surface area contributed by atoms with Crippen LogP contribution in [0.25, 0.3) is 0 Å². The van der Waals surface area contributed by atoms with Gasteiger partial charge < -0.3 is 10.1 Å². The average Bonchev–Trinajstić information content (AvgIpc) is 2.49. The minimum atomic E-state index is -0.197. The average molecular weight is 288 g/mol. The topological polar surface area (TPSA) is 34.2 Å². The number of hydrogen-bond donors (Lipinski definition) is 1. The lowest BCUT2D eigenvalue weighted by Crippen LogP contribution is -2.24. The number of aromatic nitrogens is 1. The van der Waals surface area contributed by atoms with E-state index in [1.165, 1.54) is 6.07 Å². The fraction of sp³-hybridized carbons (Fsp3) is 0.353. The van der Waals surface area contributed by atoms with Crippen molar-refractivity contribution in [1.82, 2.24) is 10.3 Å². The van der Waals surface area contributed by atoms with Crippen LogP contribution in [0.3, 0.4) is 0 Å². The first-order valence-corrected chi connectivity index (χ1v) is 7.12. The van der Waals surface area contributed by atoms with E-state index in [0.29, 0.717) is 0 Å². The van der Waals surface area contributed by atoms with E-state index in [-0.39, 0.29) is 11.9 Å². The van der Waals surface area contributed by atoms with Crippen LogP contribution in [0.15, 0.2) is 36.7 Å². The summed E-state index contributed by atoms with van der Waals surface area (Å²) in [6.45, 7) is 4.85. The van der Waals surface area contributed by atoms with Crippen molar-refractivity contribution in [3.05, 3.63) is 59.2 Å².